The number of anilines is 1. The quantitative estimate of drug-likeness (QED) is 0.602. The van der Waals surface area contributed by atoms with Gasteiger partial charge in [-0.15, -0.1) is 0 Å². The molecule has 1 saturated heterocycles. The summed E-state index contributed by atoms with van der Waals surface area (Å²) in [6.07, 6.45) is 0. The molecule has 0 bridgehead atoms. The van der Waals surface area contributed by atoms with Crippen LogP contribution in [0.5, 0.6) is 11.5 Å². The Kier molecular flexibility index (Phi) is 5.78. The monoisotopic (exact) mass is 431 g/mol. The van der Waals surface area contributed by atoms with Crippen molar-refractivity contribution >= 4 is 44.2 Å². The molecule has 0 saturated carbocycles. The number of fused-ring (bicyclic) bond motifs is 1. The van der Waals surface area contributed by atoms with E-state index in [0.717, 1.165) is 34.2 Å². The molecule has 0 radical (unpaired) electrons. The smallest absolute Gasteiger partial charge is 0.257 e. The van der Waals surface area contributed by atoms with E-state index in [2.05, 4.69) is 11.0 Å². The van der Waals surface area contributed by atoms with Crippen molar-refractivity contribution in [3.05, 3.63) is 47.0 Å². The number of amides is 1. The molecule has 1 amide bonds. The number of aromatic nitrogens is 1. The zero-order valence-corrected chi connectivity index (χ0v) is 17.9. The minimum Gasteiger partial charge on any atom is -0.496 e. The van der Waals surface area contributed by atoms with E-state index in [1.165, 1.54) is 0 Å². The van der Waals surface area contributed by atoms with E-state index in [4.69, 9.17) is 26.1 Å². The van der Waals surface area contributed by atoms with Gasteiger partial charge < -0.3 is 19.3 Å². The fraction of sp³-hybridized carbons (Fsp3) is 0.333. The average molecular weight is 432 g/mol. The van der Waals surface area contributed by atoms with E-state index >= 15 is 0 Å². The highest BCUT2D eigenvalue weighted by atomic mass is 35.5. The normalized spacial score (nSPS) is 14.3. The molecule has 1 aromatic heterocycles. The lowest BCUT2D eigenvalue weighted by molar-refractivity contribution is 0.0743. The summed E-state index contributed by atoms with van der Waals surface area (Å²) in [5, 5.41) is 1.48. The molecule has 6 nitrogen and oxygen atoms in total. The van der Waals surface area contributed by atoms with E-state index in [1.807, 2.05) is 24.0 Å². The first-order valence-corrected chi connectivity index (χ1v) is 10.7. The predicted molar refractivity (Wildman–Crippen MR) is 117 cm³/mol. The molecule has 0 spiro atoms. The van der Waals surface area contributed by atoms with Gasteiger partial charge in [0.1, 0.15) is 17.0 Å². The predicted octanol–water partition coefficient (Wildman–Crippen LogP) is 4.32. The zero-order chi connectivity index (χ0) is 20.4. The van der Waals surface area contributed by atoms with Gasteiger partial charge in [-0.3, -0.25) is 4.79 Å². The molecule has 0 N–H and O–H groups in total. The molecule has 0 aliphatic carbocycles. The van der Waals surface area contributed by atoms with Gasteiger partial charge >= 0.3 is 0 Å². The van der Waals surface area contributed by atoms with Gasteiger partial charge in [0.15, 0.2) is 5.13 Å². The Morgan fingerprint density at radius 3 is 2.69 bits per heavy atom. The van der Waals surface area contributed by atoms with E-state index in [9.17, 15) is 4.79 Å². The van der Waals surface area contributed by atoms with Gasteiger partial charge in [-0.25, -0.2) is 4.98 Å². The van der Waals surface area contributed by atoms with Crippen molar-refractivity contribution in [2.24, 2.45) is 0 Å². The standard InChI is InChI=1S/C21H22ClN3O3S/c1-3-28-17-5-4-6-18-19(17)23-21(29-18)25-11-9-24(10-12-25)20(26)15-13-14(22)7-8-16(15)27-2/h4-8,13H,3,9-12H2,1-2H3. The van der Waals surface area contributed by atoms with Gasteiger partial charge in [-0.2, -0.15) is 0 Å². The number of nitrogens with zero attached hydrogens (tertiary/aromatic N) is 3. The van der Waals surface area contributed by atoms with Crippen LogP contribution in [-0.4, -0.2) is 55.7 Å². The number of rotatable bonds is 5. The molecule has 1 fully saturated rings. The highest BCUT2D eigenvalue weighted by molar-refractivity contribution is 7.22. The third kappa shape index (κ3) is 3.97. The number of ether oxygens (including phenoxy) is 2. The summed E-state index contributed by atoms with van der Waals surface area (Å²) in [4.78, 5) is 21.8. The summed E-state index contributed by atoms with van der Waals surface area (Å²) in [5.74, 6) is 1.29. The Bertz CT molecular complexity index is 1030. The van der Waals surface area contributed by atoms with Gasteiger partial charge in [0.05, 0.1) is 24.0 Å². The second-order valence-corrected chi connectivity index (χ2v) is 8.10. The minimum atomic E-state index is -0.0630. The van der Waals surface area contributed by atoms with Crippen LogP contribution in [0.4, 0.5) is 5.13 Å². The number of halogens is 1. The number of benzene rings is 2. The minimum absolute atomic E-state index is 0.0630. The van der Waals surface area contributed by atoms with Crippen LogP contribution < -0.4 is 14.4 Å². The number of thiazole rings is 1. The van der Waals surface area contributed by atoms with Crippen LogP contribution in [0, 0.1) is 0 Å². The van der Waals surface area contributed by atoms with Crippen molar-refractivity contribution in [2.75, 3.05) is 44.8 Å². The van der Waals surface area contributed by atoms with Crippen LogP contribution in [0.3, 0.4) is 0 Å². The first-order chi connectivity index (χ1) is 14.1. The van der Waals surface area contributed by atoms with Crippen LogP contribution in [-0.2, 0) is 0 Å². The topological polar surface area (TPSA) is 54.9 Å². The van der Waals surface area contributed by atoms with Crippen LogP contribution in [0.25, 0.3) is 10.2 Å². The van der Waals surface area contributed by atoms with Crippen LogP contribution in [0.1, 0.15) is 17.3 Å². The Balaban J connectivity index is 1.48. The molecule has 2 aromatic carbocycles. The lowest BCUT2D eigenvalue weighted by Gasteiger charge is -2.34. The Labute approximate surface area is 178 Å². The van der Waals surface area contributed by atoms with Gasteiger partial charge in [-0.05, 0) is 37.3 Å². The van der Waals surface area contributed by atoms with Crippen LogP contribution in [0.15, 0.2) is 36.4 Å². The number of methoxy groups -OCH3 is 1. The molecule has 152 valence electrons. The summed E-state index contributed by atoms with van der Waals surface area (Å²) in [6.45, 7) is 5.25. The molecular weight excluding hydrogens is 410 g/mol. The van der Waals surface area contributed by atoms with Crippen LogP contribution in [0.2, 0.25) is 5.02 Å². The Morgan fingerprint density at radius 2 is 1.97 bits per heavy atom. The summed E-state index contributed by atoms with van der Waals surface area (Å²) in [6, 6.07) is 11.1. The molecule has 8 heteroatoms. The molecule has 4 rings (SSSR count). The van der Waals surface area contributed by atoms with Crippen molar-refractivity contribution < 1.29 is 14.3 Å². The average Bonchev–Trinajstić information content (AvgIpc) is 3.19. The molecule has 3 aromatic rings. The molecular formula is C21H22ClN3O3S. The number of carbonyl (C=O) groups is 1. The summed E-state index contributed by atoms with van der Waals surface area (Å²) < 4.78 is 12.1. The summed E-state index contributed by atoms with van der Waals surface area (Å²) in [5.41, 5.74) is 1.39. The second kappa shape index (κ2) is 8.47. The number of carbonyl (C=O) groups excluding carboxylic acids is 1. The molecule has 2 heterocycles. The van der Waals surface area contributed by atoms with E-state index < -0.39 is 0 Å². The molecule has 1 aliphatic heterocycles. The first kappa shape index (κ1) is 19.8. The first-order valence-electron chi connectivity index (χ1n) is 9.51. The Hall–Kier alpha value is -2.51. The fourth-order valence-corrected chi connectivity index (χ4v) is 4.64. The maximum atomic E-state index is 13.0. The van der Waals surface area contributed by atoms with Crippen molar-refractivity contribution in [3.63, 3.8) is 0 Å². The zero-order valence-electron chi connectivity index (χ0n) is 16.4. The summed E-state index contributed by atoms with van der Waals surface area (Å²) in [7, 11) is 1.56. The number of hydrogen-bond acceptors (Lipinski definition) is 6. The fourth-order valence-electron chi connectivity index (χ4n) is 3.44. The molecule has 1 aliphatic rings. The largest absolute Gasteiger partial charge is 0.496 e. The molecule has 29 heavy (non-hydrogen) atoms. The van der Waals surface area contributed by atoms with Gasteiger partial charge in [-0.1, -0.05) is 29.0 Å². The summed E-state index contributed by atoms with van der Waals surface area (Å²) >= 11 is 7.73. The van der Waals surface area contributed by atoms with Crippen molar-refractivity contribution in [1.82, 2.24) is 9.88 Å². The maximum Gasteiger partial charge on any atom is 0.257 e. The number of piperazine rings is 1. The van der Waals surface area contributed by atoms with Gasteiger partial charge in [0, 0.05) is 31.2 Å². The lowest BCUT2D eigenvalue weighted by Crippen LogP contribution is -2.48. The van der Waals surface area contributed by atoms with Crippen LogP contribution >= 0.6 is 22.9 Å². The van der Waals surface area contributed by atoms with E-state index in [1.54, 1.807) is 36.6 Å². The maximum absolute atomic E-state index is 13.0. The van der Waals surface area contributed by atoms with Crippen molar-refractivity contribution in [3.8, 4) is 11.5 Å². The Morgan fingerprint density at radius 1 is 1.17 bits per heavy atom. The number of para-hydroxylation sites is 1. The van der Waals surface area contributed by atoms with Gasteiger partial charge in [0.25, 0.3) is 5.91 Å². The lowest BCUT2D eigenvalue weighted by atomic mass is 10.1. The number of hydrogen-bond donors (Lipinski definition) is 0. The van der Waals surface area contributed by atoms with E-state index in [0.29, 0.717) is 36.0 Å². The SMILES string of the molecule is CCOc1cccc2sc(N3CCN(C(=O)c4cc(Cl)ccc4OC)CC3)nc12. The third-order valence-electron chi connectivity index (χ3n) is 4.90. The third-order valence-corrected chi connectivity index (χ3v) is 6.22. The van der Waals surface area contributed by atoms with Crippen molar-refractivity contribution in [1.29, 1.82) is 0 Å². The van der Waals surface area contributed by atoms with Gasteiger partial charge in [0.2, 0.25) is 0 Å². The van der Waals surface area contributed by atoms with E-state index in [-0.39, 0.29) is 5.91 Å². The molecule has 0 atom stereocenters. The van der Waals surface area contributed by atoms with Crippen molar-refractivity contribution in [2.45, 2.75) is 6.92 Å². The molecule has 0 unspecified atom stereocenters. The second-order valence-electron chi connectivity index (χ2n) is 6.66. The highest BCUT2D eigenvalue weighted by Crippen LogP contribution is 2.34. The highest BCUT2D eigenvalue weighted by Gasteiger charge is 2.26.